The number of nitrogens with zero attached hydrogens (tertiary/aromatic N) is 1. The number of benzene rings is 3. The summed E-state index contributed by atoms with van der Waals surface area (Å²) in [5, 5.41) is 11.4. The number of likely N-dealkylation sites (tertiary alicyclic amines) is 1. The molecule has 1 aromatic heterocycles. The fourth-order valence-corrected chi connectivity index (χ4v) is 4.86. The number of ether oxygens (including phenoxy) is 1. The van der Waals surface area contributed by atoms with Crippen LogP contribution in [0.25, 0.3) is 5.76 Å². The van der Waals surface area contributed by atoms with Crippen molar-refractivity contribution in [2.75, 3.05) is 0 Å². The molecule has 0 radical (unpaired) electrons. The predicted octanol–water partition coefficient (Wildman–Crippen LogP) is 6.91. The molecule has 1 aliphatic heterocycles. The van der Waals surface area contributed by atoms with Crippen molar-refractivity contribution in [2.24, 2.45) is 0 Å². The molecule has 6 heteroatoms. The lowest BCUT2D eigenvalue weighted by Gasteiger charge is -2.25. The number of ketones is 1. The van der Waals surface area contributed by atoms with Crippen molar-refractivity contribution in [3.05, 3.63) is 130 Å². The van der Waals surface area contributed by atoms with Crippen LogP contribution in [0.15, 0.2) is 101 Å². The number of rotatable bonds is 8. The van der Waals surface area contributed by atoms with Crippen molar-refractivity contribution >= 4 is 17.4 Å². The highest BCUT2D eigenvalue weighted by molar-refractivity contribution is 6.46. The van der Waals surface area contributed by atoms with Gasteiger partial charge in [-0.05, 0) is 65.9 Å². The molecule has 1 fully saturated rings. The van der Waals surface area contributed by atoms with Crippen LogP contribution < -0.4 is 4.74 Å². The van der Waals surface area contributed by atoms with Gasteiger partial charge in [0, 0.05) is 5.56 Å². The number of hydrogen-bond acceptors (Lipinski definition) is 5. The number of aliphatic hydroxyl groups excluding tert-OH is 1. The molecule has 1 aliphatic rings. The van der Waals surface area contributed by atoms with Crippen LogP contribution in [-0.2, 0) is 22.7 Å². The molecule has 1 atom stereocenters. The molecule has 1 saturated heterocycles. The van der Waals surface area contributed by atoms with Gasteiger partial charge in [-0.2, -0.15) is 0 Å². The van der Waals surface area contributed by atoms with E-state index in [0.717, 1.165) is 22.3 Å². The van der Waals surface area contributed by atoms with Crippen LogP contribution in [0.5, 0.6) is 5.75 Å². The summed E-state index contributed by atoms with van der Waals surface area (Å²) in [4.78, 5) is 28.0. The summed E-state index contributed by atoms with van der Waals surface area (Å²) < 4.78 is 11.4. The largest absolute Gasteiger partial charge is 0.507 e. The van der Waals surface area contributed by atoms with E-state index in [2.05, 4.69) is 19.9 Å². The first kappa shape index (κ1) is 26.0. The lowest BCUT2D eigenvalue weighted by Crippen LogP contribution is -2.29. The molecule has 4 aromatic rings. The number of Topliss-reactive ketones (excluding diaryl/α,β-unsaturated/α-hetero) is 1. The smallest absolute Gasteiger partial charge is 0.296 e. The highest BCUT2D eigenvalue weighted by Crippen LogP contribution is 2.40. The van der Waals surface area contributed by atoms with Crippen molar-refractivity contribution in [3.63, 3.8) is 0 Å². The molecular formula is C33H31NO5. The molecule has 0 spiro atoms. The normalized spacial score (nSPS) is 16.7. The Hall–Kier alpha value is -4.58. The van der Waals surface area contributed by atoms with Gasteiger partial charge in [-0.1, -0.05) is 67.9 Å². The van der Waals surface area contributed by atoms with Crippen LogP contribution in [0, 0.1) is 6.92 Å². The zero-order valence-corrected chi connectivity index (χ0v) is 22.3. The highest BCUT2D eigenvalue weighted by Gasteiger charge is 2.46. The van der Waals surface area contributed by atoms with Crippen molar-refractivity contribution in [2.45, 2.75) is 45.9 Å². The van der Waals surface area contributed by atoms with Gasteiger partial charge in [-0.15, -0.1) is 0 Å². The molecule has 1 unspecified atom stereocenters. The monoisotopic (exact) mass is 521 g/mol. The van der Waals surface area contributed by atoms with E-state index >= 15 is 0 Å². The van der Waals surface area contributed by atoms with Crippen LogP contribution in [0.2, 0.25) is 0 Å². The van der Waals surface area contributed by atoms with Gasteiger partial charge in [0.1, 0.15) is 23.9 Å². The lowest BCUT2D eigenvalue weighted by atomic mass is 9.93. The summed E-state index contributed by atoms with van der Waals surface area (Å²) in [5.41, 5.74) is 4.58. The average molecular weight is 522 g/mol. The maximum Gasteiger partial charge on any atom is 0.296 e. The van der Waals surface area contributed by atoms with E-state index < -0.39 is 17.7 Å². The molecule has 3 aromatic carbocycles. The van der Waals surface area contributed by atoms with E-state index in [1.807, 2.05) is 49.4 Å². The predicted molar refractivity (Wildman–Crippen MR) is 149 cm³/mol. The topological polar surface area (TPSA) is 80.0 Å². The quantitative estimate of drug-likeness (QED) is 0.155. The molecule has 2 heterocycles. The Morgan fingerprint density at radius 1 is 0.974 bits per heavy atom. The first-order valence-corrected chi connectivity index (χ1v) is 13.0. The number of furan rings is 1. The van der Waals surface area contributed by atoms with Gasteiger partial charge in [0.15, 0.2) is 0 Å². The fourth-order valence-electron chi connectivity index (χ4n) is 4.86. The van der Waals surface area contributed by atoms with Crippen LogP contribution >= 0.6 is 0 Å². The number of amides is 1. The second-order valence-electron chi connectivity index (χ2n) is 10.1. The fraction of sp³-hybridized carbons (Fsp3) is 0.212. The molecule has 0 saturated carbocycles. The second-order valence-corrected chi connectivity index (χ2v) is 10.1. The first-order valence-electron chi connectivity index (χ1n) is 13.0. The Balaban J connectivity index is 1.47. The lowest BCUT2D eigenvalue weighted by molar-refractivity contribution is -0.140. The number of carbonyl (C=O) groups excluding carboxylic acids is 2. The summed E-state index contributed by atoms with van der Waals surface area (Å²) in [7, 11) is 0. The molecule has 0 bridgehead atoms. The number of hydrogen-bond donors (Lipinski definition) is 1. The van der Waals surface area contributed by atoms with Crippen LogP contribution in [0.1, 0.15) is 59.4 Å². The Morgan fingerprint density at radius 3 is 2.36 bits per heavy atom. The average Bonchev–Trinajstić information content (AvgIpc) is 3.54. The van der Waals surface area contributed by atoms with Crippen molar-refractivity contribution < 1.29 is 23.8 Å². The number of aliphatic hydroxyl groups is 1. The molecular weight excluding hydrogens is 490 g/mol. The third-order valence-electron chi connectivity index (χ3n) is 6.98. The Bertz CT molecular complexity index is 1500. The molecule has 1 amide bonds. The molecule has 6 nitrogen and oxygen atoms in total. The van der Waals surface area contributed by atoms with Gasteiger partial charge in [-0.3, -0.25) is 9.59 Å². The van der Waals surface area contributed by atoms with Gasteiger partial charge >= 0.3 is 0 Å². The van der Waals surface area contributed by atoms with E-state index in [1.165, 1.54) is 11.2 Å². The zero-order chi connectivity index (χ0) is 27.5. The van der Waals surface area contributed by atoms with Crippen LogP contribution in [-0.4, -0.2) is 21.7 Å². The Labute approximate surface area is 228 Å². The summed E-state index contributed by atoms with van der Waals surface area (Å²) >= 11 is 0. The zero-order valence-electron chi connectivity index (χ0n) is 22.3. The maximum absolute atomic E-state index is 13.3. The SMILES string of the molecule is Cc1cccc(COc2ccc(/C(O)=C3\C(=O)C(=O)N(Cc4ccco4)C3c3ccc(C(C)C)cc3)cc2)c1. The van der Waals surface area contributed by atoms with Crippen molar-refractivity contribution in [1.82, 2.24) is 4.90 Å². The summed E-state index contributed by atoms with van der Waals surface area (Å²) in [6.45, 7) is 6.76. The van der Waals surface area contributed by atoms with E-state index in [0.29, 0.717) is 29.6 Å². The third-order valence-corrected chi connectivity index (χ3v) is 6.98. The Morgan fingerprint density at radius 2 is 1.72 bits per heavy atom. The number of carbonyl (C=O) groups is 2. The standard InChI is InChI=1S/C33H31NO5/c1-21(2)24-9-11-25(12-10-24)30-29(32(36)33(37)34(30)19-28-8-5-17-38-28)31(35)26-13-15-27(16-14-26)39-20-23-7-4-6-22(3)18-23/h4-18,21,30,35H,19-20H2,1-3H3/b31-29+. The molecule has 39 heavy (non-hydrogen) atoms. The molecule has 0 aliphatic carbocycles. The Kier molecular flexibility index (Phi) is 7.37. The van der Waals surface area contributed by atoms with Crippen molar-refractivity contribution in [1.29, 1.82) is 0 Å². The highest BCUT2D eigenvalue weighted by atomic mass is 16.5. The molecule has 198 valence electrons. The first-order chi connectivity index (χ1) is 18.8. The minimum atomic E-state index is -0.756. The minimum absolute atomic E-state index is 0.0530. The minimum Gasteiger partial charge on any atom is -0.507 e. The van der Waals surface area contributed by atoms with E-state index in [9.17, 15) is 14.7 Å². The van der Waals surface area contributed by atoms with E-state index in [1.54, 1.807) is 36.4 Å². The second kappa shape index (κ2) is 11.0. The van der Waals surface area contributed by atoms with Crippen molar-refractivity contribution in [3.8, 4) is 5.75 Å². The summed E-state index contributed by atoms with van der Waals surface area (Å²) in [6.07, 6.45) is 1.53. The summed E-state index contributed by atoms with van der Waals surface area (Å²) in [5.74, 6) is -0.109. The van der Waals surface area contributed by atoms with Crippen LogP contribution in [0.4, 0.5) is 0 Å². The van der Waals surface area contributed by atoms with Crippen LogP contribution in [0.3, 0.4) is 0 Å². The van der Waals surface area contributed by atoms with Gasteiger partial charge in [0.05, 0.1) is 24.4 Å². The van der Waals surface area contributed by atoms with Gasteiger partial charge in [0.2, 0.25) is 0 Å². The number of aryl methyl sites for hydroxylation is 1. The third kappa shape index (κ3) is 5.50. The van der Waals surface area contributed by atoms with E-state index in [4.69, 9.17) is 9.15 Å². The van der Waals surface area contributed by atoms with Gasteiger partial charge in [0.25, 0.3) is 11.7 Å². The van der Waals surface area contributed by atoms with Gasteiger partial charge < -0.3 is 19.2 Å². The van der Waals surface area contributed by atoms with Gasteiger partial charge in [-0.25, -0.2) is 0 Å². The molecule has 1 N–H and O–H groups in total. The molecule has 5 rings (SSSR count). The van der Waals surface area contributed by atoms with E-state index in [-0.39, 0.29) is 17.9 Å². The summed E-state index contributed by atoms with van der Waals surface area (Å²) in [6, 6.07) is 25.5. The maximum atomic E-state index is 13.3.